The minimum absolute atomic E-state index is 0.128. The zero-order valence-corrected chi connectivity index (χ0v) is 16.2. The number of nitrogens with one attached hydrogen (secondary N) is 1. The lowest BCUT2D eigenvalue weighted by Gasteiger charge is -2.26. The molecule has 0 atom stereocenters. The van der Waals surface area contributed by atoms with E-state index in [0.29, 0.717) is 24.7 Å². The summed E-state index contributed by atoms with van der Waals surface area (Å²) in [4.78, 5) is 23.1. The summed E-state index contributed by atoms with van der Waals surface area (Å²) in [5.74, 6) is 1.29. The lowest BCUT2D eigenvalue weighted by Crippen LogP contribution is -2.44. The Kier molecular flexibility index (Phi) is 6.23. The molecule has 0 aliphatic carbocycles. The van der Waals surface area contributed by atoms with E-state index in [1.807, 2.05) is 24.3 Å². The second-order valence-corrected chi connectivity index (χ2v) is 6.90. The Morgan fingerprint density at radius 3 is 2.69 bits per heavy atom. The van der Waals surface area contributed by atoms with Crippen LogP contribution in [-0.2, 0) is 6.54 Å². The molecule has 1 aliphatic rings. The molecule has 1 N–H and O–H groups in total. The predicted molar refractivity (Wildman–Crippen MR) is 110 cm³/mol. The van der Waals surface area contributed by atoms with Gasteiger partial charge in [0.2, 0.25) is 0 Å². The number of ether oxygens (including phenoxy) is 1. The molecule has 0 amide bonds. The summed E-state index contributed by atoms with van der Waals surface area (Å²) in [5.41, 5.74) is 1.72. The van der Waals surface area contributed by atoms with Crippen LogP contribution in [0.4, 0.5) is 0 Å². The number of hydrogen-bond acceptors (Lipinski definition) is 7. The second kappa shape index (κ2) is 9.40. The molecule has 0 saturated carbocycles. The number of piperazine rings is 1. The minimum atomic E-state index is -0.128. The van der Waals surface area contributed by atoms with Crippen LogP contribution in [0.3, 0.4) is 0 Å². The summed E-state index contributed by atoms with van der Waals surface area (Å²) < 4.78 is 7.21. The Bertz CT molecular complexity index is 983. The summed E-state index contributed by atoms with van der Waals surface area (Å²) in [6.45, 7) is 6.10. The van der Waals surface area contributed by atoms with Crippen molar-refractivity contribution >= 4 is 0 Å². The van der Waals surface area contributed by atoms with Gasteiger partial charge in [-0.2, -0.15) is 5.10 Å². The van der Waals surface area contributed by atoms with Gasteiger partial charge in [0, 0.05) is 50.6 Å². The molecule has 3 heterocycles. The molecule has 1 aliphatic heterocycles. The zero-order chi connectivity index (χ0) is 19.9. The molecule has 4 rings (SSSR count). The summed E-state index contributed by atoms with van der Waals surface area (Å²) >= 11 is 0. The zero-order valence-electron chi connectivity index (χ0n) is 16.2. The van der Waals surface area contributed by atoms with Crippen LogP contribution < -0.4 is 15.6 Å². The van der Waals surface area contributed by atoms with Gasteiger partial charge in [-0.25, -0.2) is 14.6 Å². The van der Waals surface area contributed by atoms with Gasteiger partial charge in [0.1, 0.15) is 6.61 Å². The minimum Gasteiger partial charge on any atom is -0.489 e. The molecule has 8 nitrogen and oxygen atoms in total. The molecule has 1 saturated heterocycles. The van der Waals surface area contributed by atoms with E-state index >= 15 is 0 Å². The Morgan fingerprint density at radius 2 is 1.90 bits per heavy atom. The van der Waals surface area contributed by atoms with Crippen molar-refractivity contribution in [1.82, 2.24) is 30.0 Å². The summed E-state index contributed by atoms with van der Waals surface area (Å²) in [5, 5.41) is 7.44. The fourth-order valence-electron chi connectivity index (χ4n) is 3.25. The highest BCUT2D eigenvalue weighted by Crippen LogP contribution is 2.18. The summed E-state index contributed by atoms with van der Waals surface area (Å²) in [6, 6.07) is 10.9. The van der Waals surface area contributed by atoms with Gasteiger partial charge in [-0.1, -0.05) is 18.2 Å². The van der Waals surface area contributed by atoms with Crippen molar-refractivity contribution in [2.75, 3.05) is 39.3 Å². The van der Waals surface area contributed by atoms with E-state index in [-0.39, 0.29) is 5.56 Å². The highest BCUT2D eigenvalue weighted by molar-refractivity contribution is 5.56. The molecule has 0 radical (unpaired) electrons. The van der Waals surface area contributed by atoms with Crippen molar-refractivity contribution in [3.8, 4) is 17.1 Å². The third-order valence-corrected chi connectivity index (χ3v) is 4.82. The monoisotopic (exact) mass is 392 g/mol. The third kappa shape index (κ3) is 5.24. The topological polar surface area (TPSA) is 85.2 Å². The molecule has 0 unspecified atom stereocenters. The maximum Gasteiger partial charge on any atom is 0.267 e. The van der Waals surface area contributed by atoms with E-state index in [1.165, 1.54) is 10.7 Å². The quantitative estimate of drug-likeness (QED) is 0.643. The van der Waals surface area contributed by atoms with E-state index < -0.39 is 0 Å². The van der Waals surface area contributed by atoms with Gasteiger partial charge >= 0.3 is 0 Å². The molecule has 1 aromatic carbocycles. The lowest BCUT2D eigenvalue weighted by atomic mass is 10.1. The Hall–Kier alpha value is -3.10. The van der Waals surface area contributed by atoms with Crippen LogP contribution in [0.25, 0.3) is 11.4 Å². The maximum atomic E-state index is 11.9. The van der Waals surface area contributed by atoms with Gasteiger partial charge in [-0.3, -0.25) is 9.69 Å². The average Bonchev–Trinajstić information content (AvgIpc) is 2.77. The van der Waals surface area contributed by atoms with Crippen molar-refractivity contribution in [3.63, 3.8) is 0 Å². The SMILES string of the molecule is O=c1cccnn1Cc1cccc(-c2ncc(OCCN3CCNCC3)cn2)c1. The number of hydrogen-bond donors (Lipinski definition) is 1. The fourth-order valence-corrected chi connectivity index (χ4v) is 3.25. The van der Waals surface area contributed by atoms with Gasteiger partial charge in [-0.15, -0.1) is 0 Å². The number of nitrogens with zero attached hydrogens (tertiary/aromatic N) is 5. The first-order valence-corrected chi connectivity index (χ1v) is 9.77. The average molecular weight is 392 g/mol. The van der Waals surface area contributed by atoms with Gasteiger partial charge in [-0.05, 0) is 17.7 Å². The van der Waals surface area contributed by atoms with Crippen molar-refractivity contribution in [2.24, 2.45) is 0 Å². The summed E-state index contributed by atoms with van der Waals surface area (Å²) in [7, 11) is 0. The number of benzene rings is 1. The maximum absolute atomic E-state index is 11.9. The number of rotatable bonds is 7. The molecular formula is C21H24N6O2. The molecule has 0 bridgehead atoms. The fraction of sp³-hybridized carbons (Fsp3) is 0.333. The first-order chi connectivity index (χ1) is 14.3. The van der Waals surface area contributed by atoms with Crippen LogP contribution in [0.1, 0.15) is 5.56 Å². The molecule has 3 aromatic rings. The molecular weight excluding hydrogens is 368 g/mol. The predicted octanol–water partition coefficient (Wildman–Crippen LogP) is 1.03. The standard InChI is InChI=1S/C21H24N6O2/c28-20-5-2-6-25-27(20)16-17-3-1-4-18(13-17)21-23-14-19(15-24-21)29-12-11-26-9-7-22-8-10-26/h1-6,13-15,22H,7-12,16H2. The van der Waals surface area contributed by atoms with E-state index in [4.69, 9.17) is 4.74 Å². The van der Waals surface area contributed by atoms with E-state index in [9.17, 15) is 4.79 Å². The van der Waals surface area contributed by atoms with E-state index in [0.717, 1.165) is 43.9 Å². The third-order valence-electron chi connectivity index (χ3n) is 4.82. The Morgan fingerprint density at radius 1 is 1.07 bits per heavy atom. The van der Waals surface area contributed by atoms with Crippen molar-refractivity contribution < 1.29 is 4.74 Å². The molecule has 1 fully saturated rings. The normalized spacial score (nSPS) is 14.6. The molecule has 8 heteroatoms. The molecule has 150 valence electrons. The Balaban J connectivity index is 1.37. The van der Waals surface area contributed by atoms with E-state index in [2.05, 4.69) is 25.3 Å². The van der Waals surface area contributed by atoms with Crippen LogP contribution in [0.15, 0.2) is 59.8 Å². The smallest absolute Gasteiger partial charge is 0.267 e. The molecule has 2 aromatic heterocycles. The lowest BCUT2D eigenvalue weighted by molar-refractivity contribution is 0.191. The highest BCUT2D eigenvalue weighted by Gasteiger charge is 2.09. The van der Waals surface area contributed by atoms with Crippen molar-refractivity contribution in [1.29, 1.82) is 0 Å². The number of aromatic nitrogens is 4. The van der Waals surface area contributed by atoms with Crippen LogP contribution in [0.5, 0.6) is 5.75 Å². The van der Waals surface area contributed by atoms with Crippen LogP contribution in [-0.4, -0.2) is 64.0 Å². The van der Waals surface area contributed by atoms with Crippen LogP contribution >= 0.6 is 0 Å². The van der Waals surface area contributed by atoms with Gasteiger partial charge in [0.05, 0.1) is 18.9 Å². The first kappa shape index (κ1) is 19.2. The van der Waals surface area contributed by atoms with Crippen molar-refractivity contribution in [2.45, 2.75) is 6.54 Å². The van der Waals surface area contributed by atoms with Crippen LogP contribution in [0.2, 0.25) is 0 Å². The molecule has 0 spiro atoms. The van der Waals surface area contributed by atoms with Crippen molar-refractivity contribution in [3.05, 3.63) is 70.9 Å². The van der Waals surface area contributed by atoms with E-state index in [1.54, 1.807) is 24.7 Å². The largest absolute Gasteiger partial charge is 0.489 e. The Labute approximate surface area is 169 Å². The highest BCUT2D eigenvalue weighted by atomic mass is 16.5. The van der Waals surface area contributed by atoms with Gasteiger partial charge < -0.3 is 10.1 Å². The molecule has 29 heavy (non-hydrogen) atoms. The van der Waals surface area contributed by atoms with Gasteiger partial charge in [0.15, 0.2) is 11.6 Å². The second-order valence-electron chi connectivity index (χ2n) is 6.90. The van der Waals surface area contributed by atoms with Crippen LogP contribution in [0, 0.1) is 0 Å². The summed E-state index contributed by atoms with van der Waals surface area (Å²) in [6.07, 6.45) is 5.02. The van der Waals surface area contributed by atoms with Gasteiger partial charge in [0.25, 0.3) is 5.56 Å². The first-order valence-electron chi connectivity index (χ1n) is 9.77.